The maximum Gasteiger partial charge on any atom is 0.244 e. The number of anilines is 1. The van der Waals surface area contributed by atoms with E-state index in [4.69, 9.17) is 4.74 Å². The number of nitrogens with one attached hydrogen (secondary N) is 1. The molecule has 1 saturated heterocycles. The summed E-state index contributed by atoms with van der Waals surface area (Å²) >= 11 is 1.51. The lowest BCUT2D eigenvalue weighted by atomic mass is 10.1. The number of ether oxygens (including phenoxy) is 1. The summed E-state index contributed by atoms with van der Waals surface area (Å²) in [6.45, 7) is 7.07. The van der Waals surface area contributed by atoms with Crippen LogP contribution in [0.3, 0.4) is 0 Å². The fraction of sp³-hybridized carbons (Fsp3) is 0.417. The zero-order valence-electron chi connectivity index (χ0n) is 17.9. The molecule has 6 heteroatoms. The van der Waals surface area contributed by atoms with E-state index in [-0.39, 0.29) is 29.7 Å². The fourth-order valence-corrected chi connectivity index (χ4v) is 4.50. The molecule has 2 amide bonds. The van der Waals surface area contributed by atoms with E-state index in [1.54, 1.807) is 4.90 Å². The number of carbonyl (C=O) groups excluding carboxylic acids is 2. The van der Waals surface area contributed by atoms with Crippen molar-refractivity contribution < 1.29 is 14.3 Å². The number of nitrogens with zero attached hydrogens (tertiary/aromatic N) is 1. The summed E-state index contributed by atoms with van der Waals surface area (Å²) in [5.74, 6) is -0.234. The second-order valence-corrected chi connectivity index (χ2v) is 9.14. The maximum absolute atomic E-state index is 13.2. The average Bonchev–Trinajstić information content (AvgIpc) is 3.24. The van der Waals surface area contributed by atoms with Crippen molar-refractivity contribution >= 4 is 29.3 Å². The topological polar surface area (TPSA) is 58.6 Å². The average molecular weight is 427 g/mol. The summed E-state index contributed by atoms with van der Waals surface area (Å²) < 4.78 is 5.73. The highest BCUT2D eigenvalue weighted by molar-refractivity contribution is 8.00. The number of amides is 2. The molecule has 5 nitrogen and oxygen atoms in total. The zero-order valence-corrected chi connectivity index (χ0v) is 18.7. The first-order valence-corrected chi connectivity index (χ1v) is 11.3. The molecule has 2 unspecified atom stereocenters. The molecule has 1 N–H and O–H groups in total. The number of hydrogen-bond acceptors (Lipinski definition) is 4. The minimum absolute atomic E-state index is 0.00335. The number of hydrogen-bond donors (Lipinski definition) is 1. The summed E-state index contributed by atoms with van der Waals surface area (Å²) in [5.41, 5.74) is 2.94. The molecule has 2 aromatic rings. The molecule has 30 heavy (non-hydrogen) atoms. The molecular weight excluding hydrogens is 396 g/mol. The van der Waals surface area contributed by atoms with Gasteiger partial charge in [0, 0.05) is 23.7 Å². The highest BCUT2D eigenvalue weighted by atomic mass is 32.2. The molecule has 1 fully saturated rings. The predicted molar refractivity (Wildman–Crippen MR) is 122 cm³/mol. The smallest absolute Gasteiger partial charge is 0.244 e. The van der Waals surface area contributed by atoms with Crippen molar-refractivity contribution in [2.45, 2.75) is 49.9 Å². The summed E-state index contributed by atoms with van der Waals surface area (Å²) in [6.07, 6.45) is 1.91. The quantitative estimate of drug-likeness (QED) is 0.635. The van der Waals surface area contributed by atoms with Gasteiger partial charge in [0.05, 0.1) is 17.9 Å². The van der Waals surface area contributed by atoms with Gasteiger partial charge in [-0.05, 0) is 62.9 Å². The lowest BCUT2D eigenvalue weighted by Crippen LogP contribution is -2.45. The third-order valence-electron chi connectivity index (χ3n) is 5.38. The zero-order chi connectivity index (χ0) is 21.5. The van der Waals surface area contributed by atoms with Gasteiger partial charge < -0.3 is 15.0 Å². The second kappa shape index (κ2) is 10.6. The molecule has 2 atom stereocenters. The highest BCUT2D eigenvalue weighted by Crippen LogP contribution is 2.25. The minimum Gasteiger partial charge on any atom is -0.376 e. The van der Waals surface area contributed by atoms with Crippen LogP contribution in [0.2, 0.25) is 0 Å². The SMILES string of the molecule is Cc1cccc(NC(=O)CN(CC2CCCO2)C(=O)C(C)Sc2ccccc2)c1C. The van der Waals surface area contributed by atoms with Crippen LogP contribution in [-0.4, -0.2) is 47.8 Å². The van der Waals surface area contributed by atoms with E-state index < -0.39 is 0 Å². The van der Waals surface area contributed by atoms with Gasteiger partial charge >= 0.3 is 0 Å². The van der Waals surface area contributed by atoms with E-state index in [2.05, 4.69) is 5.32 Å². The Morgan fingerprint density at radius 1 is 1.17 bits per heavy atom. The van der Waals surface area contributed by atoms with Gasteiger partial charge in [-0.2, -0.15) is 0 Å². The lowest BCUT2D eigenvalue weighted by molar-refractivity contribution is -0.135. The fourth-order valence-electron chi connectivity index (χ4n) is 3.53. The largest absolute Gasteiger partial charge is 0.376 e. The molecule has 1 aliphatic heterocycles. The van der Waals surface area contributed by atoms with E-state index in [0.717, 1.165) is 41.2 Å². The van der Waals surface area contributed by atoms with Gasteiger partial charge in [-0.1, -0.05) is 30.3 Å². The van der Waals surface area contributed by atoms with Crippen LogP contribution in [0.25, 0.3) is 0 Å². The number of carbonyl (C=O) groups is 2. The van der Waals surface area contributed by atoms with E-state index >= 15 is 0 Å². The number of benzene rings is 2. The molecular formula is C24H30N2O3S. The van der Waals surface area contributed by atoms with Crippen LogP contribution < -0.4 is 5.32 Å². The van der Waals surface area contributed by atoms with Crippen molar-refractivity contribution in [2.24, 2.45) is 0 Å². The summed E-state index contributed by atoms with van der Waals surface area (Å²) in [4.78, 5) is 28.7. The van der Waals surface area contributed by atoms with Crippen molar-refractivity contribution in [3.05, 3.63) is 59.7 Å². The lowest BCUT2D eigenvalue weighted by Gasteiger charge is -2.27. The first-order chi connectivity index (χ1) is 14.4. The second-order valence-electron chi connectivity index (χ2n) is 7.72. The van der Waals surface area contributed by atoms with E-state index in [1.165, 1.54) is 11.8 Å². The summed E-state index contributed by atoms with van der Waals surface area (Å²) in [7, 11) is 0. The molecule has 1 aliphatic rings. The highest BCUT2D eigenvalue weighted by Gasteiger charge is 2.28. The normalized spacial score (nSPS) is 16.8. The van der Waals surface area contributed by atoms with Gasteiger partial charge in [-0.25, -0.2) is 0 Å². The van der Waals surface area contributed by atoms with Crippen molar-refractivity contribution in [3.8, 4) is 0 Å². The molecule has 0 bridgehead atoms. The Balaban J connectivity index is 1.68. The van der Waals surface area contributed by atoms with Gasteiger partial charge in [0.25, 0.3) is 0 Å². The van der Waals surface area contributed by atoms with Crippen LogP contribution in [0.5, 0.6) is 0 Å². The maximum atomic E-state index is 13.2. The Morgan fingerprint density at radius 2 is 1.93 bits per heavy atom. The minimum atomic E-state index is -0.290. The van der Waals surface area contributed by atoms with Gasteiger partial charge in [-0.15, -0.1) is 11.8 Å². The molecule has 2 aromatic carbocycles. The van der Waals surface area contributed by atoms with Crippen LogP contribution in [0, 0.1) is 13.8 Å². The van der Waals surface area contributed by atoms with Crippen LogP contribution in [0.1, 0.15) is 30.9 Å². The summed E-state index contributed by atoms with van der Waals surface area (Å²) in [5, 5.41) is 2.68. The van der Waals surface area contributed by atoms with Gasteiger partial charge in [0.1, 0.15) is 0 Å². The van der Waals surface area contributed by atoms with E-state index in [9.17, 15) is 9.59 Å². The van der Waals surface area contributed by atoms with Crippen molar-refractivity contribution in [2.75, 3.05) is 25.0 Å². The molecule has 0 radical (unpaired) electrons. The van der Waals surface area contributed by atoms with Crippen molar-refractivity contribution in [3.63, 3.8) is 0 Å². The molecule has 0 saturated carbocycles. The van der Waals surface area contributed by atoms with E-state index in [1.807, 2.05) is 69.3 Å². The van der Waals surface area contributed by atoms with Crippen LogP contribution in [0.4, 0.5) is 5.69 Å². The first-order valence-electron chi connectivity index (χ1n) is 10.4. The summed E-state index contributed by atoms with van der Waals surface area (Å²) in [6, 6.07) is 15.7. The Bertz CT molecular complexity index is 866. The van der Waals surface area contributed by atoms with Crippen LogP contribution in [-0.2, 0) is 14.3 Å². The Labute approximate surface area is 183 Å². The molecule has 0 aromatic heterocycles. The molecule has 1 heterocycles. The Kier molecular flexibility index (Phi) is 7.94. The van der Waals surface area contributed by atoms with Crippen molar-refractivity contribution in [1.82, 2.24) is 4.90 Å². The Morgan fingerprint density at radius 3 is 2.63 bits per heavy atom. The number of aryl methyl sites for hydroxylation is 1. The third kappa shape index (κ3) is 6.09. The Hall–Kier alpha value is -2.31. The van der Waals surface area contributed by atoms with E-state index in [0.29, 0.717) is 6.54 Å². The molecule has 0 spiro atoms. The van der Waals surface area contributed by atoms with Gasteiger partial charge in [0.15, 0.2) is 0 Å². The molecule has 3 rings (SSSR count). The standard InChI is InChI=1S/C24H30N2O3S/c1-17-9-7-13-22(18(17)2)25-23(27)16-26(15-20-10-8-14-29-20)24(28)19(3)30-21-11-5-4-6-12-21/h4-7,9,11-13,19-20H,8,10,14-16H2,1-3H3,(H,25,27). The number of thioether (sulfide) groups is 1. The third-order valence-corrected chi connectivity index (χ3v) is 6.48. The predicted octanol–water partition coefficient (Wildman–Crippen LogP) is 4.43. The van der Waals surface area contributed by atoms with Gasteiger partial charge in [0.2, 0.25) is 11.8 Å². The number of rotatable bonds is 8. The van der Waals surface area contributed by atoms with Gasteiger partial charge in [-0.3, -0.25) is 9.59 Å². The molecule has 0 aliphatic carbocycles. The van der Waals surface area contributed by atoms with Crippen molar-refractivity contribution in [1.29, 1.82) is 0 Å². The van der Waals surface area contributed by atoms with Crippen LogP contribution >= 0.6 is 11.8 Å². The monoisotopic (exact) mass is 426 g/mol. The first kappa shape index (κ1) is 22.4. The van der Waals surface area contributed by atoms with Crippen LogP contribution in [0.15, 0.2) is 53.4 Å². The molecule has 160 valence electrons.